The van der Waals surface area contributed by atoms with E-state index in [2.05, 4.69) is 36.2 Å². The van der Waals surface area contributed by atoms with Crippen LogP contribution in [0.4, 0.5) is 0 Å². The molecule has 0 aromatic carbocycles. The highest BCUT2D eigenvalue weighted by Gasteiger charge is 2.57. The van der Waals surface area contributed by atoms with Gasteiger partial charge in [-0.2, -0.15) is 0 Å². The van der Waals surface area contributed by atoms with Crippen molar-refractivity contribution in [2.45, 2.75) is 76.4 Å². The summed E-state index contributed by atoms with van der Waals surface area (Å²) in [4.78, 5) is 15.9. The molecule has 8 unspecified atom stereocenters. The molecule has 2 N–H and O–H groups in total. The lowest BCUT2D eigenvalue weighted by Crippen LogP contribution is -2.49. The van der Waals surface area contributed by atoms with E-state index in [9.17, 15) is 0 Å². The molecule has 4 fully saturated rings. The fraction of sp³-hybridized carbons (Fsp3) is 0.750. The number of fused-ring (bicyclic) bond motifs is 4. The fourth-order valence-electron chi connectivity index (χ4n) is 7.98. The predicted octanol–water partition coefficient (Wildman–Crippen LogP) is 5.15. The Balaban J connectivity index is 1.41. The highest BCUT2D eigenvalue weighted by atomic mass is 16.5. The van der Waals surface area contributed by atoms with Crippen LogP contribution in [-0.4, -0.2) is 19.9 Å². The van der Waals surface area contributed by atoms with Crippen LogP contribution in [0.5, 0.6) is 0 Å². The number of aromatic amines is 2. The van der Waals surface area contributed by atoms with E-state index in [1.807, 2.05) is 12.7 Å². The normalized spacial score (nSPS) is 39.7. The highest BCUT2D eigenvalue weighted by molar-refractivity contribution is 5.19. The molecule has 2 aromatic rings. The second-order valence-corrected chi connectivity index (χ2v) is 10.8. The van der Waals surface area contributed by atoms with E-state index >= 15 is 0 Å². The molecular weight excluding hydrogens is 360 g/mol. The largest absolute Gasteiger partial charge is 0.356 e. The van der Waals surface area contributed by atoms with Crippen molar-refractivity contribution >= 4 is 0 Å². The average molecular weight is 395 g/mol. The summed E-state index contributed by atoms with van der Waals surface area (Å²) < 4.78 is 7.42. The maximum atomic E-state index is 7.42. The molecule has 0 aliphatic heterocycles. The molecule has 2 heterocycles. The van der Waals surface area contributed by atoms with E-state index in [1.165, 1.54) is 51.4 Å². The molecule has 4 aliphatic carbocycles. The highest BCUT2D eigenvalue weighted by Crippen LogP contribution is 2.60. The van der Waals surface area contributed by atoms with Gasteiger partial charge in [-0.05, 0) is 87.9 Å². The fourth-order valence-corrected chi connectivity index (χ4v) is 7.98. The number of aromatic nitrogens is 4. The van der Waals surface area contributed by atoms with Crippen molar-refractivity contribution in [2.24, 2.45) is 35.5 Å². The van der Waals surface area contributed by atoms with Crippen molar-refractivity contribution in [3.8, 4) is 0 Å². The maximum Gasteiger partial charge on any atom is 0.113 e. The molecule has 29 heavy (non-hydrogen) atoms. The van der Waals surface area contributed by atoms with Crippen LogP contribution in [0.2, 0.25) is 0 Å². The van der Waals surface area contributed by atoms with Crippen LogP contribution in [0.15, 0.2) is 25.0 Å². The molecule has 8 atom stereocenters. The first kappa shape index (κ1) is 18.2. The summed E-state index contributed by atoms with van der Waals surface area (Å²) in [5.41, 5.74) is 1.38. The van der Waals surface area contributed by atoms with Crippen LogP contribution in [0.3, 0.4) is 0 Å². The molecule has 0 spiro atoms. The SMILES string of the molecule is CC(OC(C)(c1c[nH]cn1)C1CC2CCC1C2)(c1c[nH]cn1)C1CC2CCC1C2. The van der Waals surface area contributed by atoms with E-state index in [0.29, 0.717) is 11.8 Å². The van der Waals surface area contributed by atoms with Crippen LogP contribution in [-0.2, 0) is 15.9 Å². The molecule has 6 rings (SSSR count). The smallest absolute Gasteiger partial charge is 0.113 e. The molecule has 4 aliphatic rings. The summed E-state index contributed by atoms with van der Waals surface area (Å²) in [6.45, 7) is 4.65. The van der Waals surface area contributed by atoms with Gasteiger partial charge in [-0.25, -0.2) is 9.97 Å². The van der Waals surface area contributed by atoms with Gasteiger partial charge in [0, 0.05) is 12.4 Å². The summed E-state index contributed by atoms with van der Waals surface area (Å²) >= 11 is 0. The molecule has 2 aromatic heterocycles. The van der Waals surface area contributed by atoms with Gasteiger partial charge in [-0.1, -0.05) is 12.8 Å². The summed E-state index contributed by atoms with van der Waals surface area (Å²) in [6.07, 6.45) is 18.6. The molecule has 5 nitrogen and oxygen atoms in total. The number of nitrogens with one attached hydrogen (secondary N) is 2. The first-order valence-corrected chi connectivity index (χ1v) is 11.7. The summed E-state index contributed by atoms with van der Waals surface area (Å²) in [6, 6.07) is 0. The van der Waals surface area contributed by atoms with Gasteiger partial charge >= 0.3 is 0 Å². The molecule has 0 saturated heterocycles. The topological polar surface area (TPSA) is 66.6 Å². The Kier molecular flexibility index (Phi) is 4.03. The number of rotatable bonds is 6. The van der Waals surface area contributed by atoms with Gasteiger partial charge in [-0.3, -0.25) is 0 Å². The number of ether oxygens (including phenoxy) is 1. The Bertz CT molecular complexity index is 778. The molecule has 4 saturated carbocycles. The Morgan fingerprint density at radius 3 is 1.55 bits per heavy atom. The Morgan fingerprint density at radius 2 is 1.24 bits per heavy atom. The molecule has 4 bridgehead atoms. The van der Waals surface area contributed by atoms with Crippen molar-refractivity contribution in [1.29, 1.82) is 0 Å². The molecular formula is C24H34N4O. The molecule has 156 valence electrons. The molecule has 0 amide bonds. The van der Waals surface area contributed by atoms with Crippen molar-refractivity contribution in [3.05, 3.63) is 36.4 Å². The van der Waals surface area contributed by atoms with Gasteiger partial charge in [0.15, 0.2) is 0 Å². The van der Waals surface area contributed by atoms with Crippen LogP contribution in [0.1, 0.15) is 76.6 Å². The monoisotopic (exact) mass is 394 g/mol. The summed E-state index contributed by atoms with van der Waals surface area (Å²) in [5, 5.41) is 0. The standard InChI is InChI=1S/C24H34N4O/c1-23(21-11-25-13-27-21,19-9-15-3-5-17(19)7-15)29-24(2,22-12-26-14-28-22)20-10-16-4-6-18(20)8-16/h11-20H,3-10H2,1-2H3,(H,25,27)(H,26,28). The van der Waals surface area contributed by atoms with E-state index in [-0.39, 0.29) is 11.2 Å². The van der Waals surface area contributed by atoms with Crippen molar-refractivity contribution in [3.63, 3.8) is 0 Å². The average Bonchev–Trinajstić information content (AvgIpc) is 3.58. The van der Waals surface area contributed by atoms with Crippen LogP contribution in [0, 0.1) is 35.5 Å². The Morgan fingerprint density at radius 1 is 0.759 bits per heavy atom. The van der Waals surface area contributed by atoms with Crippen LogP contribution in [0.25, 0.3) is 0 Å². The Labute approximate surface area is 173 Å². The van der Waals surface area contributed by atoms with Gasteiger partial charge in [0.25, 0.3) is 0 Å². The second-order valence-electron chi connectivity index (χ2n) is 10.8. The predicted molar refractivity (Wildman–Crippen MR) is 111 cm³/mol. The third kappa shape index (κ3) is 2.69. The van der Waals surface area contributed by atoms with Crippen molar-refractivity contribution < 1.29 is 4.74 Å². The van der Waals surface area contributed by atoms with Gasteiger partial charge < -0.3 is 14.7 Å². The van der Waals surface area contributed by atoms with Gasteiger partial charge in [0.2, 0.25) is 0 Å². The minimum atomic E-state index is -0.380. The molecule has 0 radical (unpaired) electrons. The second kappa shape index (κ2) is 6.44. The van der Waals surface area contributed by atoms with E-state index in [4.69, 9.17) is 14.7 Å². The zero-order valence-electron chi connectivity index (χ0n) is 17.7. The number of imidazole rings is 2. The third-order valence-electron chi connectivity index (χ3n) is 9.33. The number of hydrogen-bond donors (Lipinski definition) is 2. The minimum absolute atomic E-state index is 0.380. The number of H-pyrrole nitrogens is 2. The van der Waals surface area contributed by atoms with Crippen molar-refractivity contribution in [2.75, 3.05) is 0 Å². The minimum Gasteiger partial charge on any atom is -0.356 e. The van der Waals surface area contributed by atoms with Gasteiger partial charge in [0.05, 0.1) is 24.0 Å². The lowest BCUT2D eigenvalue weighted by Gasteiger charge is -2.48. The first-order valence-electron chi connectivity index (χ1n) is 11.7. The summed E-state index contributed by atoms with van der Waals surface area (Å²) in [7, 11) is 0. The number of hydrogen-bond acceptors (Lipinski definition) is 3. The zero-order valence-corrected chi connectivity index (χ0v) is 17.7. The van der Waals surface area contributed by atoms with Crippen LogP contribution < -0.4 is 0 Å². The lowest BCUT2D eigenvalue weighted by atomic mass is 9.72. The van der Waals surface area contributed by atoms with Crippen LogP contribution >= 0.6 is 0 Å². The number of nitrogens with zero attached hydrogens (tertiary/aromatic N) is 2. The quantitative estimate of drug-likeness (QED) is 0.712. The lowest BCUT2D eigenvalue weighted by molar-refractivity contribution is -0.218. The van der Waals surface area contributed by atoms with E-state index in [0.717, 1.165) is 35.1 Å². The third-order valence-corrected chi connectivity index (χ3v) is 9.33. The van der Waals surface area contributed by atoms with E-state index in [1.54, 1.807) is 0 Å². The van der Waals surface area contributed by atoms with Crippen molar-refractivity contribution in [1.82, 2.24) is 19.9 Å². The van der Waals surface area contributed by atoms with E-state index < -0.39 is 0 Å². The summed E-state index contributed by atoms with van der Waals surface area (Å²) in [5.74, 6) is 4.38. The zero-order chi connectivity index (χ0) is 19.6. The first-order chi connectivity index (χ1) is 14.1. The Hall–Kier alpha value is -1.62. The maximum absolute atomic E-state index is 7.42. The van der Waals surface area contributed by atoms with Gasteiger partial charge in [-0.15, -0.1) is 0 Å². The van der Waals surface area contributed by atoms with Gasteiger partial charge in [0.1, 0.15) is 11.2 Å². The molecule has 5 heteroatoms.